The van der Waals surface area contributed by atoms with Crippen LogP contribution in [0.5, 0.6) is 0 Å². The normalized spacial score (nSPS) is 19.1. The van der Waals surface area contributed by atoms with Crippen LogP contribution in [0.1, 0.15) is 0 Å². The van der Waals surface area contributed by atoms with Gasteiger partial charge in [-0.05, 0) is 18.2 Å². The monoisotopic (exact) mass is 275 g/mol. The highest BCUT2D eigenvalue weighted by molar-refractivity contribution is 9.10. The van der Waals surface area contributed by atoms with Gasteiger partial charge in [0.1, 0.15) is 0 Å². The van der Waals surface area contributed by atoms with Gasteiger partial charge in [0.2, 0.25) is 0 Å². The van der Waals surface area contributed by atoms with Crippen molar-refractivity contribution in [3.63, 3.8) is 0 Å². The van der Waals surface area contributed by atoms with Crippen molar-refractivity contribution in [2.45, 2.75) is 4.90 Å². The van der Waals surface area contributed by atoms with E-state index in [1.807, 2.05) is 24.1 Å². The molecule has 0 aliphatic carbocycles. The summed E-state index contributed by atoms with van der Waals surface area (Å²) in [5.74, 6) is 0.201. The first-order valence-electron chi connectivity index (χ1n) is 4.24. The van der Waals surface area contributed by atoms with E-state index in [4.69, 9.17) is 0 Å². The van der Waals surface area contributed by atoms with Gasteiger partial charge in [-0.3, -0.25) is 0 Å². The molecule has 2 rings (SSSR count). The fourth-order valence-electron chi connectivity index (χ4n) is 1.54. The van der Waals surface area contributed by atoms with E-state index in [1.165, 1.54) is 0 Å². The molecule has 1 aliphatic heterocycles. The van der Waals surface area contributed by atoms with Gasteiger partial charge in [0, 0.05) is 18.1 Å². The molecule has 0 N–H and O–H groups in total. The molecule has 3 nitrogen and oxygen atoms in total. The van der Waals surface area contributed by atoms with Crippen molar-refractivity contribution in [3.8, 4) is 0 Å². The molecular formula is C9H10BrNO2S. The Morgan fingerprint density at radius 3 is 2.86 bits per heavy atom. The first kappa shape index (κ1) is 9.98. The second-order valence-electron chi connectivity index (χ2n) is 3.35. The van der Waals surface area contributed by atoms with Crippen molar-refractivity contribution in [3.05, 3.63) is 22.7 Å². The fraction of sp³-hybridized carbons (Fsp3) is 0.333. The zero-order valence-electron chi connectivity index (χ0n) is 7.70. The van der Waals surface area contributed by atoms with Crippen LogP contribution in [0.25, 0.3) is 0 Å². The number of anilines is 1. The molecule has 0 fully saturated rings. The van der Waals surface area contributed by atoms with Crippen LogP contribution in [-0.4, -0.2) is 27.8 Å². The molecule has 0 unspecified atom stereocenters. The van der Waals surface area contributed by atoms with Crippen molar-refractivity contribution in [1.82, 2.24) is 0 Å². The number of benzene rings is 1. The first-order chi connectivity index (χ1) is 6.50. The average molecular weight is 276 g/mol. The van der Waals surface area contributed by atoms with E-state index >= 15 is 0 Å². The van der Waals surface area contributed by atoms with Crippen LogP contribution in [0.15, 0.2) is 27.6 Å². The third-order valence-electron chi connectivity index (χ3n) is 2.36. The molecule has 0 spiro atoms. The summed E-state index contributed by atoms with van der Waals surface area (Å²) in [5, 5.41) is 0. The fourth-order valence-corrected chi connectivity index (χ4v) is 3.64. The van der Waals surface area contributed by atoms with Crippen LogP contribution >= 0.6 is 15.9 Å². The summed E-state index contributed by atoms with van der Waals surface area (Å²) in [7, 11) is -1.16. The molecule has 14 heavy (non-hydrogen) atoms. The second kappa shape index (κ2) is 3.24. The number of halogens is 1. The largest absolute Gasteiger partial charge is 0.373 e. The molecule has 0 bridgehead atoms. The van der Waals surface area contributed by atoms with Gasteiger partial charge in [0.25, 0.3) is 0 Å². The van der Waals surface area contributed by atoms with E-state index in [9.17, 15) is 8.42 Å². The Hall–Kier alpha value is -0.550. The molecule has 0 radical (unpaired) electrons. The summed E-state index contributed by atoms with van der Waals surface area (Å²) in [5.41, 5.74) is 0.791. The van der Waals surface area contributed by atoms with E-state index in [1.54, 1.807) is 6.07 Å². The predicted molar refractivity (Wildman–Crippen MR) is 59.5 cm³/mol. The van der Waals surface area contributed by atoms with Crippen LogP contribution in [-0.2, 0) is 9.84 Å². The standard InChI is InChI=1S/C9H10BrNO2S/c1-11-4-5-14(12,13)9-6-7(10)2-3-8(9)11/h2-3,6H,4-5H2,1H3. The molecule has 0 saturated carbocycles. The Bertz CT molecular complexity index is 470. The highest BCUT2D eigenvalue weighted by Crippen LogP contribution is 2.31. The van der Waals surface area contributed by atoms with Crippen molar-refractivity contribution in [1.29, 1.82) is 0 Å². The third kappa shape index (κ3) is 1.54. The quantitative estimate of drug-likeness (QED) is 0.723. The van der Waals surface area contributed by atoms with E-state index in [2.05, 4.69) is 15.9 Å². The number of hydrogen-bond acceptors (Lipinski definition) is 3. The number of nitrogens with zero attached hydrogens (tertiary/aromatic N) is 1. The zero-order chi connectivity index (χ0) is 10.3. The van der Waals surface area contributed by atoms with Gasteiger partial charge in [0.15, 0.2) is 9.84 Å². The summed E-state index contributed by atoms with van der Waals surface area (Å²) in [6, 6.07) is 5.35. The van der Waals surface area contributed by atoms with Gasteiger partial charge in [-0.25, -0.2) is 8.42 Å². The molecule has 0 aromatic heterocycles. The Labute approximate surface area is 91.8 Å². The van der Waals surface area contributed by atoms with Gasteiger partial charge in [-0.2, -0.15) is 0 Å². The van der Waals surface area contributed by atoms with E-state index in [0.29, 0.717) is 11.4 Å². The predicted octanol–water partition coefficient (Wildman–Crippen LogP) is 1.67. The Kier molecular flexibility index (Phi) is 2.31. The molecule has 1 heterocycles. The lowest BCUT2D eigenvalue weighted by Gasteiger charge is -2.27. The highest BCUT2D eigenvalue weighted by atomic mass is 79.9. The number of fused-ring (bicyclic) bond motifs is 1. The molecule has 1 aromatic carbocycles. The van der Waals surface area contributed by atoms with Crippen molar-refractivity contribution in [2.75, 3.05) is 24.2 Å². The lowest BCUT2D eigenvalue weighted by Crippen LogP contribution is -2.31. The minimum atomic E-state index is -3.07. The Balaban J connectivity index is 2.70. The van der Waals surface area contributed by atoms with Crippen molar-refractivity contribution < 1.29 is 8.42 Å². The number of hydrogen-bond donors (Lipinski definition) is 0. The SMILES string of the molecule is CN1CCS(=O)(=O)c2cc(Br)ccc21. The van der Waals surface area contributed by atoms with Gasteiger partial charge >= 0.3 is 0 Å². The lowest BCUT2D eigenvalue weighted by molar-refractivity contribution is 0.591. The van der Waals surface area contributed by atoms with Gasteiger partial charge in [-0.1, -0.05) is 15.9 Å². The maximum absolute atomic E-state index is 11.7. The molecule has 0 atom stereocenters. The van der Waals surface area contributed by atoms with Gasteiger partial charge in [-0.15, -0.1) is 0 Å². The van der Waals surface area contributed by atoms with Gasteiger partial charge < -0.3 is 4.90 Å². The molecule has 0 amide bonds. The minimum absolute atomic E-state index is 0.201. The average Bonchev–Trinajstić information content (AvgIpc) is 2.12. The summed E-state index contributed by atoms with van der Waals surface area (Å²) in [6.45, 7) is 0.566. The Morgan fingerprint density at radius 2 is 2.14 bits per heavy atom. The molecule has 1 aliphatic rings. The summed E-state index contributed by atoms with van der Waals surface area (Å²) < 4.78 is 24.2. The number of rotatable bonds is 0. The summed E-state index contributed by atoms with van der Waals surface area (Å²) in [4.78, 5) is 2.39. The number of sulfone groups is 1. The smallest absolute Gasteiger partial charge is 0.182 e. The van der Waals surface area contributed by atoms with Crippen molar-refractivity contribution >= 4 is 31.5 Å². The Morgan fingerprint density at radius 1 is 1.43 bits per heavy atom. The third-order valence-corrected chi connectivity index (χ3v) is 4.57. The maximum atomic E-state index is 11.7. The molecular weight excluding hydrogens is 266 g/mol. The first-order valence-corrected chi connectivity index (χ1v) is 6.69. The molecule has 76 valence electrons. The highest BCUT2D eigenvalue weighted by Gasteiger charge is 2.26. The van der Waals surface area contributed by atoms with Gasteiger partial charge in [0.05, 0.1) is 16.3 Å². The zero-order valence-corrected chi connectivity index (χ0v) is 10.1. The topological polar surface area (TPSA) is 37.4 Å². The molecule has 1 aromatic rings. The molecule has 5 heteroatoms. The van der Waals surface area contributed by atoms with Crippen LogP contribution in [0.2, 0.25) is 0 Å². The lowest BCUT2D eigenvalue weighted by atomic mass is 10.3. The van der Waals surface area contributed by atoms with Crippen molar-refractivity contribution in [2.24, 2.45) is 0 Å². The van der Waals surface area contributed by atoms with E-state index < -0.39 is 9.84 Å². The van der Waals surface area contributed by atoms with Crippen LogP contribution in [0, 0.1) is 0 Å². The van der Waals surface area contributed by atoms with Crippen LogP contribution < -0.4 is 4.90 Å². The summed E-state index contributed by atoms with van der Waals surface area (Å²) >= 11 is 3.28. The minimum Gasteiger partial charge on any atom is -0.373 e. The van der Waals surface area contributed by atoms with Crippen LogP contribution in [0.4, 0.5) is 5.69 Å². The van der Waals surface area contributed by atoms with E-state index in [0.717, 1.165) is 10.2 Å². The maximum Gasteiger partial charge on any atom is 0.182 e. The van der Waals surface area contributed by atoms with E-state index in [-0.39, 0.29) is 5.75 Å². The molecule has 0 saturated heterocycles. The second-order valence-corrected chi connectivity index (χ2v) is 6.35. The summed E-state index contributed by atoms with van der Waals surface area (Å²) in [6.07, 6.45) is 0. The van der Waals surface area contributed by atoms with Crippen LogP contribution in [0.3, 0.4) is 0 Å².